The highest BCUT2D eigenvalue weighted by Crippen LogP contribution is 2.17. The molecule has 0 bridgehead atoms. The van der Waals surface area contributed by atoms with Crippen molar-refractivity contribution in [2.45, 2.75) is 19.3 Å². The van der Waals surface area contributed by atoms with Gasteiger partial charge in [-0.3, -0.25) is 0 Å². The van der Waals surface area contributed by atoms with E-state index in [1.807, 2.05) is 6.08 Å². The molecule has 0 heterocycles. The molecule has 2 nitrogen and oxygen atoms in total. The van der Waals surface area contributed by atoms with E-state index in [1.165, 1.54) is 0 Å². The average molecular weight is 146 g/mol. The van der Waals surface area contributed by atoms with Crippen LogP contribution in [0.4, 0.5) is 0 Å². The predicted octanol–water partition coefficient (Wildman–Crippen LogP) is 2.12. The SMILES string of the molecule is ON=C1CCCC=C1Cl. The first-order chi connectivity index (χ1) is 4.34. The summed E-state index contributed by atoms with van der Waals surface area (Å²) in [5.41, 5.74) is 0.614. The van der Waals surface area contributed by atoms with E-state index < -0.39 is 0 Å². The Labute approximate surface area is 58.8 Å². The minimum absolute atomic E-state index is 0.601. The maximum atomic E-state index is 8.32. The van der Waals surface area contributed by atoms with Gasteiger partial charge in [0.25, 0.3) is 0 Å². The monoisotopic (exact) mass is 145 g/mol. The summed E-state index contributed by atoms with van der Waals surface area (Å²) in [6.07, 6.45) is 4.71. The first-order valence-electron chi connectivity index (χ1n) is 2.91. The van der Waals surface area contributed by atoms with Crippen LogP contribution in [-0.2, 0) is 0 Å². The van der Waals surface area contributed by atoms with E-state index in [0.717, 1.165) is 19.3 Å². The molecule has 50 valence electrons. The fourth-order valence-corrected chi connectivity index (χ4v) is 1.07. The predicted molar refractivity (Wildman–Crippen MR) is 37.0 cm³/mol. The highest BCUT2D eigenvalue weighted by Gasteiger charge is 2.08. The van der Waals surface area contributed by atoms with Crippen LogP contribution in [0.15, 0.2) is 16.3 Å². The Kier molecular flexibility index (Phi) is 2.11. The summed E-state index contributed by atoms with van der Waals surface area (Å²) >= 11 is 5.65. The highest BCUT2D eigenvalue weighted by atomic mass is 35.5. The zero-order valence-electron chi connectivity index (χ0n) is 4.97. The van der Waals surface area contributed by atoms with E-state index in [0.29, 0.717) is 10.7 Å². The van der Waals surface area contributed by atoms with Gasteiger partial charge < -0.3 is 5.21 Å². The molecule has 3 heteroatoms. The standard InChI is InChI=1S/C6H8ClNO/c7-5-3-1-2-4-6(5)8-9/h3,9H,1-2,4H2. The van der Waals surface area contributed by atoms with Gasteiger partial charge in [0.1, 0.15) is 0 Å². The normalized spacial score (nSPS) is 24.1. The van der Waals surface area contributed by atoms with Gasteiger partial charge in [-0.25, -0.2) is 0 Å². The lowest BCUT2D eigenvalue weighted by Gasteiger charge is -2.06. The third-order valence-electron chi connectivity index (χ3n) is 1.34. The molecule has 0 spiro atoms. The van der Waals surface area contributed by atoms with E-state index in [1.54, 1.807) is 0 Å². The molecule has 0 aliphatic heterocycles. The third-order valence-corrected chi connectivity index (χ3v) is 1.71. The Bertz CT molecular complexity index is 162. The minimum atomic E-state index is 0.601. The second kappa shape index (κ2) is 2.87. The van der Waals surface area contributed by atoms with E-state index in [2.05, 4.69) is 5.16 Å². The molecule has 1 aliphatic carbocycles. The van der Waals surface area contributed by atoms with Crippen LogP contribution >= 0.6 is 11.6 Å². The molecule has 0 fully saturated rings. The number of hydrogen-bond donors (Lipinski definition) is 1. The molecule has 0 amide bonds. The summed E-state index contributed by atoms with van der Waals surface area (Å²) in [4.78, 5) is 0. The van der Waals surface area contributed by atoms with Crippen molar-refractivity contribution in [3.05, 3.63) is 11.1 Å². The van der Waals surface area contributed by atoms with E-state index in [4.69, 9.17) is 16.8 Å². The van der Waals surface area contributed by atoms with Crippen molar-refractivity contribution in [1.29, 1.82) is 0 Å². The molecule has 1 aliphatic rings. The molecule has 0 aromatic rings. The Morgan fingerprint density at radius 2 is 2.44 bits per heavy atom. The lowest BCUT2D eigenvalue weighted by molar-refractivity contribution is 0.317. The van der Waals surface area contributed by atoms with Gasteiger partial charge in [0.05, 0.1) is 10.7 Å². The highest BCUT2D eigenvalue weighted by molar-refractivity contribution is 6.43. The average Bonchev–Trinajstić information content (AvgIpc) is 1.89. The molecule has 0 unspecified atom stereocenters. The molecular formula is C6H8ClNO. The quantitative estimate of drug-likeness (QED) is 0.411. The summed E-state index contributed by atoms with van der Waals surface area (Å²) < 4.78 is 0. The second-order valence-corrected chi connectivity index (χ2v) is 2.40. The number of rotatable bonds is 0. The van der Waals surface area contributed by atoms with Gasteiger partial charge in [-0.2, -0.15) is 0 Å². The largest absolute Gasteiger partial charge is 0.411 e. The van der Waals surface area contributed by atoms with Crippen molar-refractivity contribution < 1.29 is 5.21 Å². The Balaban J connectivity index is 2.73. The number of nitrogens with zero attached hydrogens (tertiary/aromatic N) is 1. The van der Waals surface area contributed by atoms with Crippen molar-refractivity contribution in [2.75, 3.05) is 0 Å². The van der Waals surface area contributed by atoms with Crippen LogP contribution in [0.5, 0.6) is 0 Å². The summed E-state index contributed by atoms with van der Waals surface area (Å²) in [7, 11) is 0. The molecule has 1 N–H and O–H groups in total. The molecular weight excluding hydrogens is 138 g/mol. The first-order valence-corrected chi connectivity index (χ1v) is 3.29. The van der Waals surface area contributed by atoms with Crippen LogP contribution in [-0.4, -0.2) is 10.9 Å². The lowest BCUT2D eigenvalue weighted by Crippen LogP contribution is -2.02. The van der Waals surface area contributed by atoms with Crippen molar-refractivity contribution in [3.8, 4) is 0 Å². The van der Waals surface area contributed by atoms with E-state index in [-0.39, 0.29) is 0 Å². The van der Waals surface area contributed by atoms with Gasteiger partial charge in [0.15, 0.2) is 0 Å². The summed E-state index contributed by atoms with van der Waals surface area (Å²) in [6, 6.07) is 0. The Hall–Kier alpha value is -0.500. The molecule has 0 saturated heterocycles. The van der Waals surface area contributed by atoms with Crippen LogP contribution < -0.4 is 0 Å². The molecule has 9 heavy (non-hydrogen) atoms. The maximum absolute atomic E-state index is 8.32. The number of halogens is 1. The fraction of sp³-hybridized carbons (Fsp3) is 0.500. The topological polar surface area (TPSA) is 32.6 Å². The molecule has 0 atom stereocenters. The lowest BCUT2D eigenvalue weighted by atomic mass is 10.1. The van der Waals surface area contributed by atoms with Crippen LogP contribution in [0.1, 0.15) is 19.3 Å². The van der Waals surface area contributed by atoms with Gasteiger partial charge in [-0.1, -0.05) is 22.8 Å². The molecule has 0 aromatic carbocycles. The van der Waals surface area contributed by atoms with E-state index >= 15 is 0 Å². The summed E-state index contributed by atoms with van der Waals surface area (Å²) in [6.45, 7) is 0. The van der Waals surface area contributed by atoms with Crippen molar-refractivity contribution in [2.24, 2.45) is 5.16 Å². The van der Waals surface area contributed by atoms with Crippen LogP contribution in [0, 0.1) is 0 Å². The van der Waals surface area contributed by atoms with Crippen molar-refractivity contribution in [3.63, 3.8) is 0 Å². The van der Waals surface area contributed by atoms with Gasteiger partial charge in [-0.05, 0) is 19.3 Å². The maximum Gasteiger partial charge on any atom is 0.0978 e. The van der Waals surface area contributed by atoms with Crippen molar-refractivity contribution in [1.82, 2.24) is 0 Å². The second-order valence-electron chi connectivity index (χ2n) is 1.99. The first kappa shape index (κ1) is 6.62. The zero-order valence-corrected chi connectivity index (χ0v) is 5.73. The van der Waals surface area contributed by atoms with Crippen molar-refractivity contribution >= 4 is 17.3 Å². The van der Waals surface area contributed by atoms with E-state index in [9.17, 15) is 0 Å². The molecule has 0 radical (unpaired) electrons. The number of hydrogen-bond acceptors (Lipinski definition) is 2. The molecule has 0 saturated carbocycles. The van der Waals surface area contributed by atoms with Gasteiger partial charge in [-0.15, -0.1) is 0 Å². The zero-order chi connectivity index (χ0) is 6.69. The van der Waals surface area contributed by atoms with Gasteiger partial charge in [0, 0.05) is 0 Å². The number of allylic oxidation sites excluding steroid dienone is 2. The van der Waals surface area contributed by atoms with Gasteiger partial charge in [0.2, 0.25) is 0 Å². The third kappa shape index (κ3) is 1.45. The van der Waals surface area contributed by atoms with Gasteiger partial charge >= 0.3 is 0 Å². The summed E-state index contributed by atoms with van der Waals surface area (Å²) in [5, 5.41) is 12.0. The summed E-state index contributed by atoms with van der Waals surface area (Å²) in [5.74, 6) is 0. The van der Waals surface area contributed by atoms with Crippen LogP contribution in [0.25, 0.3) is 0 Å². The Morgan fingerprint density at radius 3 is 2.89 bits per heavy atom. The molecule has 1 rings (SSSR count). The molecule has 0 aromatic heterocycles. The fourth-order valence-electron chi connectivity index (χ4n) is 0.833. The minimum Gasteiger partial charge on any atom is -0.411 e. The van der Waals surface area contributed by atoms with Crippen LogP contribution in [0.2, 0.25) is 0 Å². The Morgan fingerprint density at radius 1 is 1.67 bits per heavy atom. The van der Waals surface area contributed by atoms with Crippen LogP contribution in [0.3, 0.4) is 0 Å². The smallest absolute Gasteiger partial charge is 0.0978 e. The number of oxime groups is 1.